The molecule has 0 spiro atoms. The number of hydrogen-bond donors (Lipinski definition) is 1. The molecule has 1 aliphatic carbocycles. The van der Waals surface area contributed by atoms with Crippen LogP contribution in [0, 0.1) is 0 Å². The molecule has 1 aliphatic rings. The maximum Gasteiger partial charge on any atom is 0.137 e. The molecule has 0 unspecified atom stereocenters. The minimum Gasteiger partial charge on any atom is -0.306 e. The zero-order valence-electron chi connectivity index (χ0n) is 10.6. The minimum atomic E-state index is 0.368. The minimum absolute atomic E-state index is 0.368. The van der Waals surface area contributed by atoms with Crippen LogP contribution in [0.5, 0.6) is 0 Å². The molecule has 0 aromatic carbocycles. The molecule has 96 valence electrons. The molecular formula is C14H18ClN3. The molecule has 0 saturated heterocycles. The van der Waals surface area contributed by atoms with Crippen molar-refractivity contribution < 1.29 is 0 Å². The van der Waals surface area contributed by atoms with Crippen LogP contribution in [0.25, 0.3) is 5.65 Å². The molecule has 0 bridgehead atoms. The smallest absolute Gasteiger partial charge is 0.137 e. The first-order valence-corrected chi connectivity index (χ1v) is 6.97. The van der Waals surface area contributed by atoms with Crippen LogP contribution in [-0.2, 0) is 6.54 Å². The van der Waals surface area contributed by atoms with E-state index in [1.54, 1.807) is 0 Å². The number of halogens is 1. The summed E-state index contributed by atoms with van der Waals surface area (Å²) >= 11 is 5.97. The highest BCUT2D eigenvalue weighted by Gasteiger charge is 2.34. The van der Waals surface area contributed by atoms with Gasteiger partial charge in [-0.2, -0.15) is 0 Å². The van der Waals surface area contributed by atoms with Gasteiger partial charge in [0.25, 0.3) is 0 Å². The normalized spacial score (nSPS) is 17.9. The molecule has 3 rings (SSSR count). The summed E-state index contributed by atoms with van der Waals surface area (Å²) in [4.78, 5) is 4.59. The van der Waals surface area contributed by atoms with Gasteiger partial charge in [-0.05, 0) is 37.8 Å². The van der Waals surface area contributed by atoms with Crippen LogP contribution in [0.1, 0.15) is 38.3 Å². The Kier molecular flexibility index (Phi) is 3.04. The number of hydrogen-bond acceptors (Lipinski definition) is 2. The highest BCUT2D eigenvalue weighted by Crippen LogP contribution is 2.34. The Morgan fingerprint density at radius 3 is 2.89 bits per heavy atom. The molecule has 0 amide bonds. The third kappa shape index (κ3) is 2.13. The van der Waals surface area contributed by atoms with Crippen molar-refractivity contribution in [3.05, 3.63) is 35.2 Å². The second-order valence-corrected chi connectivity index (χ2v) is 5.62. The van der Waals surface area contributed by atoms with Gasteiger partial charge in [-0.25, -0.2) is 4.98 Å². The van der Waals surface area contributed by atoms with E-state index < -0.39 is 0 Å². The Morgan fingerprint density at radius 1 is 1.39 bits per heavy atom. The zero-order chi connectivity index (χ0) is 12.6. The van der Waals surface area contributed by atoms with Crippen LogP contribution in [0.3, 0.4) is 0 Å². The standard InChI is InChI=1S/C14H18ClN3/c1-2-14(6-3-7-14)16-8-12-10-18-9-11(15)4-5-13(18)17-12/h4-5,9-10,16H,2-3,6-8H2,1H3. The van der Waals surface area contributed by atoms with Crippen molar-refractivity contribution in [1.82, 2.24) is 14.7 Å². The van der Waals surface area contributed by atoms with E-state index in [-0.39, 0.29) is 0 Å². The Balaban J connectivity index is 1.74. The summed E-state index contributed by atoms with van der Waals surface area (Å²) in [5, 5.41) is 4.40. The van der Waals surface area contributed by atoms with Crippen molar-refractivity contribution in [2.45, 2.75) is 44.7 Å². The fourth-order valence-electron chi connectivity index (χ4n) is 2.64. The Labute approximate surface area is 112 Å². The molecule has 4 heteroatoms. The van der Waals surface area contributed by atoms with Gasteiger partial charge in [0.05, 0.1) is 10.7 Å². The molecule has 0 atom stereocenters. The van der Waals surface area contributed by atoms with Gasteiger partial charge >= 0.3 is 0 Å². The molecule has 1 saturated carbocycles. The SMILES string of the molecule is CCC1(NCc2cn3cc(Cl)ccc3n2)CCC1. The van der Waals surface area contributed by atoms with Crippen molar-refractivity contribution in [3.8, 4) is 0 Å². The summed E-state index contributed by atoms with van der Waals surface area (Å²) in [5.74, 6) is 0. The van der Waals surface area contributed by atoms with Crippen molar-refractivity contribution in [2.24, 2.45) is 0 Å². The number of nitrogens with zero attached hydrogens (tertiary/aromatic N) is 2. The number of fused-ring (bicyclic) bond motifs is 1. The maximum absolute atomic E-state index is 5.97. The predicted octanol–water partition coefficient (Wildman–Crippen LogP) is 3.41. The zero-order valence-corrected chi connectivity index (χ0v) is 11.4. The molecule has 2 aromatic rings. The fraction of sp³-hybridized carbons (Fsp3) is 0.500. The number of rotatable bonds is 4. The first-order valence-electron chi connectivity index (χ1n) is 6.59. The molecule has 1 fully saturated rings. The van der Waals surface area contributed by atoms with Gasteiger partial charge in [-0.1, -0.05) is 18.5 Å². The largest absolute Gasteiger partial charge is 0.306 e. The van der Waals surface area contributed by atoms with Gasteiger partial charge in [0.2, 0.25) is 0 Å². The van der Waals surface area contributed by atoms with E-state index in [0.717, 1.165) is 22.9 Å². The summed E-state index contributed by atoms with van der Waals surface area (Å²) in [6, 6.07) is 3.82. The highest BCUT2D eigenvalue weighted by atomic mass is 35.5. The van der Waals surface area contributed by atoms with Gasteiger partial charge in [0.15, 0.2) is 0 Å². The van der Waals surface area contributed by atoms with Crippen LogP contribution >= 0.6 is 11.6 Å². The number of aromatic nitrogens is 2. The molecule has 0 aliphatic heterocycles. The average Bonchev–Trinajstić information content (AvgIpc) is 2.70. The number of imidazole rings is 1. The van der Waals surface area contributed by atoms with Crippen LogP contribution < -0.4 is 5.32 Å². The van der Waals surface area contributed by atoms with E-state index in [1.807, 2.05) is 22.7 Å². The van der Waals surface area contributed by atoms with Gasteiger partial charge in [-0.3, -0.25) is 0 Å². The topological polar surface area (TPSA) is 29.3 Å². The molecule has 1 N–H and O–H groups in total. The van der Waals surface area contributed by atoms with Crippen LogP contribution in [0.15, 0.2) is 24.5 Å². The molecule has 2 aromatic heterocycles. The summed E-state index contributed by atoms with van der Waals surface area (Å²) < 4.78 is 1.98. The van der Waals surface area contributed by atoms with Crippen molar-refractivity contribution in [1.29, 1.82) is 0 Å². The summed E-state index contributed by atoms with van der Waals surface area (Å²) in [6.07, 6.45) is 9.09. The summed E-state index contributed by atoms with van der Waals surface area (Å²) in [5.41, 5.74) is 2.40. The second-order valence-electron chi connectivity index (χ2n) is 5.19. The molecule has 2 heterocycles. The Bertz CT molecular complexity index is 552. The van der Waals surface area contributed by atoms with Crippen LogP contribution in [-0.4, -0.2) is 14.9 Å². The van der Waals surface area contributed by atoms with E-state index in [9.17, 15) is 0 Å². The van der Waals surface area contributed by atoms with E-state index in [1.165, 1.54) is 25.7 Å². The molecule has 3 nitrogen and oxygen atoms in total. The molecular weight excluding hydrogens is 246 g/mol. The monoisotopic (exact) mass is 263 g/mol. The first kappa shape index (κ1) is 12.0. The van der Waals surface area contributed by atoms with E-state index in [0.29, 0.717) is 5.54 Å². The summed E-state index contributed by atoms with van der Waals surface area (Å²) in [7, 11) is 0. The lowest BCUT2D eigenvalue weighted by Crippen LogP contribution is -2.49. The van der Waals surface area contributed by atoms with Gasteiger partial charge in [-0.15, -0.1) is 0 Å². The van der Waals surface area contributed by atoms with Gasteiger partial charge in [0, 0.05) is 24.5 Å². The summed E-state index contributed by atoms with van der Waals surface area (Å²) in [6.45, 7) is 3.10. The third-order valence-corrected chi connectivity index (χ3v) is 4.32. The first-order chi connectivity index (χ1) is 8.71. The number of pyridine rings is 1. The average molecular weight is 264 g/mol. The Hall–Kier alpha value is -1.06. The lowest BCUT2D eigenvalue weighted by atomic mass is 9.75. The van der Waals surface area contributed by atoms with Crippen molar-refractivity contribution >= 4 is 17.2 Å². The van der Waals surface area contributed by atoms with Gasteiger partial charge < -0.3 is 9.72 Å². The molecule has 18 heavy (non-hydrogen) atoms. The lowest BCUT2D eigenvalue weighted by molar-refractivity contribution is 0.175. The Morgan fingerprint density at radius 2 is 2.22 bits per heavy atom. The second kappa shape index (κ2) is 4.56. The fourth-order valence-corrected chi connectivity index (χ4v) is 2.81. The van der Waals surface area contributed by atoms with E-state index >= 15 is 0 Å². The quantitative estimate of drug-likeness (QED) is 0.916. The molecule has 0 radical (unpaired) electrons. The highest BCUT2D eigenvalue weighted by molar-refractivity contribution is 6.30. The van der Waals surface area contributed by atoms with Gasteiger partial charge in [0.1, 0.15) is 5.65 Å². The third-order valence-electron chi connectivity index (χ3n) is 4.10. The lowest BCUT2D eigenvalue weighted by Gasteiger charge is -2.42. The number of nitrogens with one attached hydrogen (secondary N) is 1. The van der Waals surface area contributed by atoms with E-state index in [4.69, 9.17) is 11.6 Å². The van der Waals surface area contributed by atoms with Crippen molar-refractivity contribution in [3.63, 3.8) is 0 Å². The van der Waals surface area contributed by atoms with Crippen LogP contribution in [0.2, 0.25) is 5.02 Å². The maximum atomic E-state index is 5.97. The van der Waals surface area contributed by atoms with Crippen molar-refractivity contribution in [2.75, 3.05) is 0 Å². The van der Waals surface area contributed by atoms with Crippen LogP contribution in [0.4, 0.5) is 0 Å². The predicted molar refractivity (Wildman–Crippen MR) is 73.9 cm³/mol. The van der Waals surface area contributed by atoms with E-state index in [2.05, 4.69) is 23.4 Å².